The first-order valence-corrected chi connectivity index (χ1v) is 50.2. The molecule has 9 atom stereocenters. The predicted octanol–water partition coefficient (Wildman–Crippen LogP) is 4.68. The second-order valence-corrected chi connectivity index (χ2v) is 42.7. The molecule has 7 N–H and O–H groups in total. The van der Waals surface area contributed by atoms with E-state index < -0.39 is 248 Å². The van der Waals surface area contributed by atoms with Crippen LogP contribution < -0.4 is 37.2 Å². The Morgan fingerprint density at radius 2 is 0.699 bits per heavy atom. The van der Waals surface area contributed by atoms with Gasteiger partial charge < -0.3 is 31.3 Å². The molecule has 133 heavy (non-hydrogen) atoms. The monoisotopic (exact) mass is 1840 g/mol. The maximum absolute atomic E-state index is 15.3. The molecule has 0 fully saturated rings. The number of esters is 1. The van der Waals surface area contributed by atoms with E-state index in [0.29, 0.717) is 16.7 Å². The summed E-state index contributed by atoms with van der Waals surface area (Å²) in [6, 6.07) is 40.3. The quantitative estimate of drug-likeness (QED) is 0.0158. The molecule has 0 aliphatic heterocycles. The van der Waals surface area contributed by atoms with Crippen LogP contribution in [0.2, 0.25) is 0 Å². The van der Waals surface area contributed by atoms with E-state index in [1.807, 2.05) is 90.1 Å². The Morgan fingerprint density at radius 1 is 0.383 bits per heavy atom. The number of fused-ring (bicyclic) bond motifs is 3. The molecule has 0 aromatic heterocycles. The van der Waals surface area contributed by atoms with Gasteiger partial charge in [0.2, 0.25) is 29.5 Å². The molecule has 5 aromatic carbocycles. The van der Waals surface area contributed by atoms with Gasteiger partial charge in [-0.25, -0.2) is 0 Å². The number of ether oxygens (including phenoxy) is 1. The number of amides is 7. The third-order valence-electron chi connectivity index (χ3n) is 23.1. The van der Waals surface area contributed by atoms with Gasteiger partial charge in [0.05, 0.1) is 19.0 Å². The summed E-state index contributed by atoms with van der Waals surface area (Å²) < 4.78 is 5.99. The van der Waals surface area contributed by atoms with Gasteiger partial charge in [-0.2, -0.15) is 0 Å². The van der Waals surface area contributed by atoms with Crippen molar-refractivity contribution in [1.82, 2.24) is 37.2 Å². The number of carbonyl (C=O) groups excluding carboxylic acids is 17. The van der Waals surface area contributed by atoms with Gasteiger partial charge in [0.1, 0.15) is 25.7 Å². The molecule has 0 heterocycles. The molecular formula is C90H111B15N7O18PS2. The van der Waals surface area contributed by atoms with Crippen molar-refractivity contribution >= 4 is 228 Å². The molecule has 1 aliphatic rings. The van der Waals surface area contributed by atoms with Crippen LogP contribution in [0.5, 0.6) is 0 Å². The van der Waals surface area contributed by atoms with Gasteiger partial charge in [0.15, 0.2) is 11.6 Å². The normalized spacial score (nSPS) is 13.6. The van der Waals surface area contributed by atoms with Crippen LogP contribution in [0.3, 0.4) is 0 Å². The molecule has 25 nitrogen and oxygen atoms in total. The van der Waals surface area contributed by atoms with Gasteiger partial charge in [0, 0.05) is 49.9 Å². The van der Waals surface area contributed by atoms with Gasteiger partial charge in [-0.05, 0) is 66.1 Å². The first kappa shape index (κ1) is 113. The van der Waals surface area contributed by atoms with Crippen molar-refractivity contribution in [3.8, 4) is 11.1 Å². The molecule has 9 unspecified atom stereocenters. The van der Waals surface area contributed by atoms with Crippen LogP contribution in [-0.2, 0) is 106 Å². The Hall–Kier alpha value is -9.01. The van der Waals surface area contributed by atoms with Gasteiger partial charge in [0.25, 0.3) is 0 Å². The summed E-state index contributed by atoms with van der Waals surface area (Å²) in [5.41, 5.74) is 5.24. The second kappa shape index (κ2) is 57.1. The van der Waals surface area contributed by atoms with Crippen molar-refractivity contribution in [1.29, 1.82) is 0 Å². The summed E-state index contributed by atoms with van der Waals surface area (Å²) in [6.07, 6.45) is -5.56. The van der Waals surface area contributed by atoms with E-state index in [1.54, 1.807) is 97.7 Å². The molecular weight excluding hydrogens is 1720 g/mol. The predicted molar refractivity (Wildman–Crippen MR) is 538 cm³/mol. The van der Waals surface area contributed by atoms with Crippen LogP contribution in [0.25, 0.3) is 11.1 Å². The molecule has 18 radical (unpaired) electrons. The smallest absolute Gasteiger partial charge is 0.0622 e. The standard InChI is InChI=1S/C90H111B15N7O18PS2/c1-55(2)41-74(77(116)33-38-83(122)131(7)99)110-87(126)62(44-58-21-11-8-12-22-58)47-65(113)51-106-80(119)36-31-61(50-82(121)130-54-72-70-29-19-17-27-68(70)69-28-18-20-30-71(69)72)86(125)109-73(90(129)108-53-67(115)49-64(46-60-25-15-10-16-26-60)89(128)112-76(43-57(5)6)79(118)35-40-85(124)133(102-93,103-94)105(97)98)32-37-81(120)107-52-66(114)48-63(45-59-23-13-9-14-24-59)88(127)111-75(42-56(3)4)78(117)34-39-84(123)132(100-91,101-92)104(95)96/h8-30,55-57,61-64,72-76H,31-54H2,1-7H3,(H,106,119)(H,107,120)(H,108,129)(H,109,125)(H,110,126)(H,111,127)(H,112,128). The third kappa shape index (κ3) is 36.5. The third-order valence-corrected chi connectivity index (χ3v) is 29.7. The minimum absolute atomic E-state index is 0.00622. The molecule has 0 saturated heterocycles. The zero-order chi connectivity index (χ0) is 98.2. The minimum Gasteiger partial charge on any atom is -0.0622 e. The van der Waals surface area contributed by atoms with Crippen molar-refractivity contribution < 1.29 is 86.2 Å². The van der Waals surface area contributed by atoms with Gasteiger partial charge in [-0.15, -0.1) is 0 Å². The number of hydrogen-bond donors (Lipinski definition) is 7. The molecule has 7 amide bonds. The fraction of sp³-hybridized carbons (Fsp3) is 0.478. The van der Waals surface area contributed by atoms with Crippen LogP contribution in [0, 0.1) is 41.4 Å². The van der Waals surface area contributed by atoms with Crippen LogP contribution in [0.4, 0.5) is 0 Å². The molecule has 1 aliphatic carbocycles. The van der Waals surface area contributed by atoms with Crippen molar-refractivity contribution in [3.05, 3.63) is 167 Å². The van der Waals surface area contributed by atoms with E-state index in [4.69, 9.17) is 74.2 Å². The number of rotatable bonds is 58. The summed E-state index contributed by atoms with van der Waals surface area (Å²) in [4.78, 5) is 240. The first-order valence-electron chi connectivity index (χ1n) is 44.7. The number of Topliss-reactive ketones (excluding diaryl/α,β-unsaturated/α-hetero) is 6. The van der Waals surface area contributed by atoms with E-state index >= 15 is 4.79 Å². The van der Waals surface area contributed by atoms with Crippen molar-refractivity contribution in [2.75, 3.05) is 32.9 Å². The van der Waals surface area contributed by atoms with E-state index in [9.17, 15) is 76.7 Å². The molecule has 0 bridgehead atoms. The topological polar surface area (TPSA) is 384 Å². The summed E-state index contributed by atoms with van der Waals surface area (Å²) in [5.74, 6) is -18.3. The average molecular weight is 1840 g/mol. The number of benzene rings is 5. The van der Waals surface area contributed by atoms with E-state index in [0.717, 1.165) is 46.4 Å². The zero-order valence-electron chi connectivity index (χ0n) is 77.0. The van der Waals surface area contributed by atoms with Gasteiger partial charge in [-0.1, -0.05) is 137 Å². The fourth-order valence-electron chi connectivity index (χ4n) is 15.6. The molecule has 5 aromatic rings. The van der Waals surface area contributed by atoms with Crippen molar-refractivity contribution in [2.45, 2.75) is 200 Å². The van der Waals surface area contributed by atoms with Crippen LogP contribution in [0.15, 0.2) is 140 Å². The molecule has 43 heteroatoms. The Kier molecular flexibility index (Phi) is 48.4. The number of nitrogens with one attached hydrogen (secondary N) is 7. The van der Waals surface area contributed by atoms with E-state index in [-0.39, 0.29) is 113 Å². The van der Waals surface area contributed by atoms with Crippen molar-refractivity contribution in [2.24, 2.45) is 41.4 Å². The molecule has 6 rings (SSSR count). The second-order valence-electron chi connectivity index (χ2n) is 34.8. The molecule has 0 saturated carbocycles. The Morgan fingerprint density at radius 3 is 1.04 bits per heavy atom. The summed E-state index contributed by atoms with van der Waals surface area (Å²) >= 11 is 0. The zero-order valence-corrected chi connectivity index (χ0v) is 79.5. The Labute approximate surface area is 799 Å². The van der Waals surface area contributed by atoms with Crippen LogP contribution in [0.1, 0.15) is 184 Å². The van der Waals surface area contributed by atoms with Crippen LogP contribution in [-0.4, -0.2) is 260 Å². The SMILES string of the molecule is [B]B=S(=B[B])(B([B])[B])C(=O)CCC(=O)C(CC(C)C)NC(=O)C(CC(=O)CNC(=O)CCC(NC(=O)C(CCC(=O)NCC(=O)CC(Cc1ccccc1)C(=O)NC(CC(C)C)C(=O)CCC(=O)P([B])C)CC(=O)OCC1c2ccccc2-c2ccccc21)C(=O)NCC(=O)CC(Cc1ccccc1)C(=O)NC(CC(C)C)C(=O)CCC(=O)S(=B[B])(=B[B])B([B])[B])Cc1ccccc1. The van der Waals surface area contributed by atoms with Gasteiger partial charge in [-0.3, -0.25) is 43.2 Å². The average Bonchev–Trinajstić information content (AvgIpc) is 1.61. The number of ketones is 6. The Balaban J connectivity index is 1.30. The summed E-state index contributed by atoms with van der Waals surface area (Å²) in [6.45, 7) is 10.3. The van der Waals surface area contributed by atoms with Gasteiger partial charge >= 0.3 is 391 Å². The number of hydrogen-bond acceptors (Lipinski definition) is 18. The summed E-state index contributed by atoms with van der Waals surface area (Å²) in [7, 11) is 45.7. The van der Waals surface area contributed by atoms with E-state index in [1.165, 1.54) is 0 Å². The van der Waals surface area contributed by atoms with E-state index in [2.05, 4.69) is 37.2 Å². The number of carbonyl (C=O) groups is 17. The molecule has 676 valence electrons. The molecule has 0 spiro atoms. The minimum atomic E-state index is -2.84. The maximum atomic E-state index is 15.3. The van der Waals surface area contributed by atoms with Crippen molar-refractivity contribution in [3.63, 3.8) is 0 Å². The first-order chi connectivity index (χ1) is 63.2. The fourth-order valence-corrected chi connectivity index (χ4v) is 19.1. The Bertz CT molecular complexity index is 5150. The van der Waals surface area contributed by atoms with Crippen LogP contribution >= 0.6 is 25.3 Å². The summed E-state index contributed by atoms with van der Waals surface area (Å²) in [5, 5.41) is 17.6.